The minimum absolute atomic E-state index is 0.0829. The number of H-pyrrole nitrogens is 1. The molecule has 150 valence electrons. The molecule has 2 aromatic heterocycles. The monoisotopic (exact) mass is 418 g/mol. The summed E-state index contributed by atoms with van der Waals surface area (Å²) in [7, 11) is 0. The normalized spacial score (nSPS) is 16.5. The molecule has 6 nitrogen and oxygen atoms in total. The van der Waals surface area contributed by atoms with E-state index in [2.05, 4.69) is 10.1 Å². The number of amides is 1. The highest BCUT2D eigenvalue weighted by Crippen LogP contribution is 2.28. The lowest BCUT2D eigenvalue weighted by Crippen LogP contribution is -2.24. The number of benzene rings is 2. The maximum Gasteiger partial charge on any atom is 0.272 e. The average Bonchev–Trinajstić information content (AvgIpc) is 3.33. The second-order valence-corrected chi connectivity index (χ2v) is 7.99. The third-order valence-corrected chi connectivity index (χ3v) is 5.69. The molecule has 2 aromatic carbocycles. The van der Waals surface area contributed by atoms with Crippen molar-refractivity contribution in [2.45, 2.75) is 18.9 Å². The van der Waals surface area contributed by atoms with Gasteiger partial charge in [-0.2, -0.15) is 0 Å². The molecule has 1 unspecified atom stereocenters. The summed E-state index contributed by atoms with van der Waals surface area (Å²) in [4.78, 5) is 31.7. The molecule has 3 heterocycles. The molecule has 0 spiro atoms. The number of rotatable bonds is 4. The van der Waals surface area contributed by atoms with E-state index in [1.165, 1.54) is 10.6 Å². The van der Waals surface area contributed by atoms with Crippen LogP contribution in [0.4, 0.5) is 0 Å². The van der Waals surface area contributed by atoms with E-state index in [0.717, 1.165) is 16.8 Å². The maximum absolute atomic E-state index is 12.7. The molecule has 5 rings (SSSR count). The summed E-state index contributed by atoms with van der Waals surface area (Å²) >= 11 is 6.09. The number of fused-ring (bicyclic) bond motifs is 1. The summed E-state index contributed by atoms with van der Waals surface area (Å²) in [6, 6.07) is 20.7. The Labute approximate surface area is 177 Å². The summed E-state index contributed by atoms with van der Waals surface area (Å²) in [5, 5.41) is 3.70. The number of hydrogen-bond donors (Lipinski definition) is 1. The Balaban J connectivity index is 1.44. The fraction of sp³-hybridized carbons (Fsp3) is 0.174. The average molecular weight is 419 g/mol. The van der Waals surface area contributed by atoms with Crippen molar-refractivity contribution in [3.63, 3.8) is 0 Å². The first-order valence-corrected chi connectivity index (χ1v) is 10.1. The van der Waals surface area contributed by atoms with Gasteiger partial charge >= 0.3 is 0 Å². The summed E-state index contributed by atoms with van der Waals surface area (Å²) in [6.07, 6.45) is 0.362. The van der Waals surface area contributed by atoms with Gasteiger partial charge in [0.25, 0.3) is 5.56 Å². The van der Waals surface area contributed by atoms with Crippen LogP contribution in [0.3, 0.4) is 0 Å². The zero-order valence-electron chi connectivity index (χ0n) is 16.1. The summed E-state index contributed by atoms with van der Waals surface area (Å²) in [5.41, 5.74) is 3.71. The number of nitrogens with one attached hydrogen (secondary N) is 1. The SMILES string of the molecule is O=C1CC(c2cc(=O)n3[nH]c(-c4cccc(Cl)c4)cc3n2)CN1Cc1ccccc1. The van der Waals surface area contributed by atoms with Gasteiger partial charge in [0.1, 0.15) is 0 Å². The van der Waals surface area contributed by atoms with Crippen LogP contribution in [0.25, 0.3) is 16.9 Å². The summed E-state index contributed by atoms with van der Waals surface area (Å²) < 4.78 is 1.41. The molecule has 1 N–H and O–H groups in total. The van der Waals surface area contributed by atoms with Crippen LogP contribution in [0.15, 0.2) is 71.5 Å². The van der Waals surface area contributed by atoms with E-state index in [1.807, 2.05) is 59.5 Å². The van der Waals surface area contributed by atoms with Gasteiger partial charge in [0, 0.05) is 48.1 Å². The van der Waals surface area contributed by atoms with Crippen molar-refractivity contribution in [1.82, 2.24) is 19.5 Å². The van der Waals surface area contributed by atoms with Crippen LogP contribution in [-0.2, 0) is 11.3 Å². The summed E-state index contributed by atoms with van der Waals surface area (Å²) in [6.45, 7) is 1.13. The van der Waals surface area contributed by atoms with E-state index in [9.17, 15) is 9.59 Å². The fourth-order valence-electron chi connectivity index (χ4n) is 3.95. The molecule has 1 aliphatic heterocycles. The van der Waals surface area contributed by atoms with Crippen molar-refractivity contribution in [3.8, 4) is 11.3 Å². The van der Waals surface area contributed by atoms with Crippen molar-refractivity contribution < 1.29 is 4.79 Å². The molecule has 1 amide bonds. The Hall–Kier alpha value is -3.38. The molecule has 0 radical (unpaired) electrons. The van der Waals surface area contributed by atoms with Crippen molar-refractivity contribution in [3.05, 3.63) is 93.4 Å². The van der Waals surface area contributed by atoms with Crippen molar-refractivity contribution >= 4 is 23.2 Å². The number of aromatic amines is 1. The zero-order valence-corrected chi connectivity index (χ0v) is 16.8. The second-order valence-electron chi connectivity index (χ2n) is 7.55. The van der Waals surface area contributed by atoms with Crippen LogP contribution >= 0.6 is 11.6 Å². The Bertz CT molecular complexity index is 1300. The number of halogens is 1. The van der Waals surface area contributed by atoms with E-state index in [0.29, 0.717) is 35.9 Å². The molecule has 7 heteroatoms. The number of carbonyl (C=O) groups is 1. The number of hydrogen-bond acceptors (Lipinski definition) is 3. The first-order valence-electron chi connectivity index (χ1n) is 9.77. The van der Waals surface area contributed by atoms with Crippen molar-refractivity contribution in [2.24, 2.45) is 0 Å². The van der Waals surface area contributed by atoms with Gasteiger partial charge in [-0.3, -0.25) is 14.7 Å². The molecule has 0 saturated carbocycles. The molecule has 1 aliphatic rings. The molecular weight excluding hydrogens is 400 g/mol. The number of carbonyl (C=O) groups excluding carboxylic acids is 1. The van der Waals surface area contributed by atoms with Gasteiger partial charge in [-0.15, -0.1) is 0 Å². The Morgan fingerprint density at radius 3 is 2.67 bits per heavy atom. The van der Waals surface area contributed by atoms with Gasteiger partial charge in [-0.05, 0) is 17.7 Å². The quantitative estimate of drug-likeness (QED) is 0.547. The topological polar surface area (TPSA) is 70.5 Å². The Morgan fingerprint density at radius 2 is 1.87 bits per heavy atom. The van der Waals surface area contributed by atoms with Crippen molar-refractivity contribution in [1.29, 1.82) is 0 Å². The van der Waals surface area contributed by atoms with Gasteiger partial charge in [0.2, 0.25) is 5.91 Å². The minimum atomic E-state index is -0.197. The number of aromatic nitrogens is 3. The highest BCUT2D eigenvalue weighted by molar-refractivity contribution is 6.30. The standard InChI is InChI=1S/C23H19ClN4O2/c24-18-8-4-7-16(9-18)20-11-21-25-19(12-23(30)28(21)26-20)17-10-22(29)27(14-17)13-15-5-2-1-3-6-15/h1-9,11-12,17,26H,10,13-14H2. The third kappa shape index (κ3) is 3.50. The highest BCUT2D eigenvalue weighted by Gasteiger charge is 2.32. The van der Waals surface area contributed by atoms with Crippen LogP contribution in [-0.4, -0.2) is 31.9 Å². The van der Waals surface area contributed by atoms with Crippen LogP contribution in [0.5, 0.6) is 0 Å². The van der Waals surface area contributed by atoms with E-state index in [4.69, 9.17) is 11.6 Å². The van der Waals surface area contributed by atoms with Gasteiger partial charge < -0.3 is 4.90 Å². The smallest absolute Gasteiger partial charge is 0.272 e. The van der Waals surface area contributed by atoms with Crippen molar-refractivity contribution in [2.75, 3.05) is 6.54 Å². The molecule has 4 aromatic rings. The lowest BCUT2D eigenvalue weighted by Gasteiger charge is -2.16. The van der Waals surface area contributed by atoms with E-state index in [-0.39, 0.29) is 17.4 Å². The van der Waals surface area contributed by atoms with Crippen LogP contribution in [0, 0.1) is 0 Å². The molecule has 30 heavy (non-hydrogen) atoms. The first kappa shape index (κ1) is 18.6. The zero-order chi connectivity index (χ0) is 20.7. The minimum Gasteiger partial charge on any atom is -0.338 e. The third-order valence-electron chi connectivity index (χ3n) is 5.45. The predicted octanol–water partition coefficient (Wildman–Crippen LogP) is 3.86. The Kier molecular flexibility index (Phi) is 4.64. The lowest BCUT2D eigenvalue weighted by molar-refractivity contribution is -0.128. The predicted molar refractivity (Wildman–Crippen MR) is 115 cm³/mol. The first-order chi connectivity index (χ1) is 14.6. The summed E-state index contributed by atoms with van der Waals surface area (Å²) in [5.74, 6) is -0.0111. The van der Waals surface area contributed by atoms with E-state index < -0.39 is 0 Å². The molecule has 1 atom stereocenters. The molecule has 1 fully saturated rings. The number of nitrogens with zero attached hydrogens (tertiary/aromatic N) is 3. The molecule has 0 bridgehead atoms. The van der Waals surface area contributed by atoms with Gasteiger partial charge in [0.15, 0.2) is 5.65 Å². The largest absolute Gasteiger partial charge is 0.338 e. The second kappa shape index (κ2) is 7.46. The molecule has 0 aliphatic carbocycles. The molecule has 1 saturated heterocycles. The lowest BCUT2D eigenvalue weighted by atomic mass is 10.0. The number of likely N-dealkylation sites (tertiary alicyclic amines) is 1. The van der Waals surface area contributed by atoms with Gasteiger partial charge in [-0.25, -0.2) is 9.50 Å². The highest BCUT2D eigenvalue weighted by atomic mass is 35.5. The van der Waals surface area contributed by atoms with E-state index in [1.54, 1.807) is 6.07 Å². The van der Waals surface area contributed by atoms with E-state index >= 15 is 0 Å². The van der Waals surface area contributed by atoms with Gasteiger partial charge in [0.05, 0.1) is 11.4 Å². The Morgan fingerprint density at radius 1 is 1.03 bits per heavy atom. The molecular formula is C23H19ClN4O2. The maximum atomic E-state index is 12.7. The fourth-order valence-corrected chi connectivity index (χ4v) is 4.14. The van der Waals surface area contributed by atoms with Crippen LogP contribution in [0.1, 0.15) is 23.6 Å². The van der Waals surface area contributed by atoms with Crippen LogP contribution in [0.2, 0.25) is 5.02 Å². The van der Waals surface area contributed by atoms with Crippen LogP contribution < -0.4 is 5.56 Å². The van der Waals surface area contributed by atoms with Gasteiger partial charge in [-0.1, -0.05) is 54.1 Å².